The summed E-state index contributed by atoms with van der Waals surface area (Å²) in [6, 6.07) is 10.3. The molecule has 1 aromatic heterocycles. The molecule has 0 fully saturated rings. The van der Waals surface area contributed by atoms with E-state index in [1.165, 1.54) is 16.7 Å². The molecule has 0 radical (unpaired) electrons. The Morgan fingerprint density at radius 3 is 2.58 bits per heavy atom. The van der Waals surface area contributed by atoms with Gasteiger partial charge >= 0.3 is 0 Å². The lowest BCUT2D eigenvalue weighted by molar-refractivity contribution is -0.118. The molecular weight excluding hydrogens is 298 g/mol. The van der Waals surface area contributed by atoms with Crippen LogP contribution < -0.4 is 10.2 Å². The molecule has 0 spiro atoms. The zero-order chi connectivity index (χ0) is 17.3. The van der Waals surface area contributed by atoms with Gasteiger partial charge in [0, 0.05) is 7.05 Å². The smallest absolute Gasteiger partial charge is 0.231 e. The van der Waals surface area contributed by atoms with Gasteiger partial charge in [0.25, 0.3) is 0 Å². The molecule has 0 saturated carbocycles. The summed E-state index contributed by atoms with van der Waals surface area (Å²) >= 11 is 0. The quantitative estimate of drug-likeness (QED) is 0.926. The minimum Gasteiger partial charge on any atom is -0.373 e. The van der Waals surface area contributed by atoms with Gasteiger partial charge in [0.15, 0.2) is 0 Å². The van der Waals surface area contributed by atoms with Crippen LogP contribution in [0.3, 0.4) is 0 Å². The first kappa shape index (κ1) is 16.5. The highest BCUT2D eigenvalue weighted by Gasteiger charge is 2.27. The standard InChI is InChI=1S/C20H25N3O/c1-13(2)14(3)17-7-5-6-15-12-23(20(24)10-18(15)17)16-8-9-19(21-4)22-11-16/h5-9,11,13-14H,10,12H2,1-4H3,(H,21,22). The molecule has 1 aliphatic heterocycles. The van der Waals surface area contributed by atoms with E-state index in [9.17, 15) is 4.79 Å². The Morgan fingerprint density at radius 2 is 1.96 bits per heavy atom. The number of rotatable bonds is 4. The number of hydrogen-bond donors (Lipinski definition) is 1. The molecule has 1 unspecified atom stereocenters. The van der Waals surface area contributed by atoms with Gasteiger partial charge < -0.3 is 10.2 Å². The van der Waals surface area contributed by atoms with E-state index in [4.69, 9.17) is 0 Å². The van der Waals surface area contributed by atoms with Crippen LogP contribution in [0.2, 0.25) is 0 Å². The number of nitrogens with zero attached hydrogens (tertiary/aromatic N) is 2. The van der Waals surface area contributed by atoms with E-state index >= 15 is 0 Å². The lowest BCUT2D eigenvalue weighted by atomic mass is 9.83. The predicted octanol–water partition coefficient (Wildman–Crippen LogP) is 3.97. The Balaban J connectivity index is 1.93. The topological polar surface area (TPSA) is 45.2 Å². The maximum absolute atomic E-state index is 12.7. The second-order valence-electron chi connectivity index (χ2n) is 6.83. The third-order valence-electron chi connectivity index (χ3n) is 5.07. The van der Waals surface area contributed by atoms with E-state index < -0.39 is 0 Å². The number of nitrogens with one attached hydrogen (secondary N) is 1. The van der Waals surface area contributed by atoms with Gasteiger partial charge in [-0.3, -0.25) is 4.79 Å². The molecule has 0 bridgehead atoms. The van der Waals surface area contributed by atoms with Gasteiger partial charge in [-0.15, -0.1) is 0 Å². The fraction of sp³-hybridized carbons (Fsp3) is 0.400. The Hall–Kier alpha value is -2.36. The third-order valence-corrected chi connectivity index (χ3v) is 5.07. The van der Waals surface area contributed by atoms with Crippen LogP contribution in [0.4, 0.5) is 11.5 Å². The first-order valence-electron chi connectivity index (χ1n) is 8.56. The van der Waals surface area contributed by atoms with E-state index in [0.29, 0.717) is 24.8 Å². The van der Waals surface area contributed by atoms with E-state index in [1.54, 1.807) is 6.20 Å². The summed E-state index contributed by atoms with van der Waals surface area (Å²) < 4.78 is 0. The molecule has 1 aromatic carbocycles. The zero-order valence-electron chi connectivity index (χ0n) is 14.8. The molecule has 0 saturated heterocycles. The molecule has 4 heteroatoms. The summed E-state index contributed by atoms with van der Waals surface area (Å²) in [5.74, 6) is 1.96. The van der Waals surface area contributed by atoms with Crippen molar-refractivity contribution >= 4 is 17.4 Å². The molecule has 1 atom stereocenters. The highest BCUT2D eigenvalue weighted by molar-refractivity contribution is 5.96. The van der Waals surface area contributed by atoms with Crippen molar-refractivity contribution < 1.29 is 4.79 Å². The molecule has 4 nitrogen and oxygen atoms in total. The summed E-state index contributed by atoms with van der Waals surface area (Å²) in [4.78, 5) is 18.9. The minimum absolute atomic E-state index is 0.143. The highest BCUT2D eigenvalue weighted by atomic mass is 16.2. The minimum atomic E-state index is 0.143. The van der Waals surface area contributed by atoms with Crippen molar-refractivity contribution in [1.82, 2.24) is 4.98 Å². The van der Waals surface area contributed by atoms with Crippen LogP contribution >= 0.6 is 0 Å². The van der Waals surface area contributed by atoms with Crippen molar-refractivity contribution in [3.8, 4) is 0 Å². The lowest BCUT2D eigenvalue weighted by Crippen LogP contribution is -2.37. The van der Waals surface area contributed by atoms with Crippen LogP contribution in [0.25, 0.3) is 0 Å². The van der Waals surface area contributed by atoms with Crippen molar-refractivity contribution in [1.29, 1.82) is 0 Å². The molecule has 0 aliphatic carbocycles. The number of amides is 1. The van der Waals surface area contributed by atoms with Gasteiger partial charge in [-0.2, -0.15) is 0 Å². The van der Waals surface area contributed by atoms with E-state index in [2.05, 4.69) is 49.3 Å². The maximum atomic E-state index is 12.7. The number of pyridine rings is 1. The Morgan fingerprint density at radius 1 is 1.17 bits per heavy atom. The second-order valence-corrected chi connectivity index (χ2v) is 6.83. The number of carbonyl (C=O) groups is 1. The van der Waals surface area contributed by atoms with E-state index in [1.807, 2.05) is 24.1 Å². The molecule has 24 heavy (non-hydrogen) atoms. The molecule has 126 valence electrons. The normalized spacial score (nSPS) is 15.4. The fourth-order valence-electron chi connectivity index (χ4n) is 3.24. The van der Waals surface area contributed by atoms with Gasteiger partial charge in [0.05, 0.1) is 24.8 Å². The molecule has 1 aliphatic rings. The van der Waals surface area contributed by atoms with Crippen LogP contribution in [-0.2, 0) is 17.8 Å². The first-order chi connectivity index (χ1) is 11.5. The largest absolute Gasteiger partial charge is 0.373 e. The number of benzene rings is 1. The van der Waals surface area contributed by atoms with Crippen LogP contribution in [0.1, 0.15) is 43.4 Å². The summed E-state index contributed by atoms with van der Waals surface area (Å²) in [5.41, 5.74) is 4.64. The Kier molecular flexibility index (Phi) is 4.56. The van der Waals surface area contributed by atoms with Crippen LogP contribution in [0, 0.1) is 5.92 Å². The number of carbonyl (C=O) groups excluding carboxylic acids is 1. The molecule has 1 N–H and O–H groups in total. The third kappa shape index (κ3) is 3.01. The summed E-state index contributed by atoms with van der Waals surface area (Å²) in [7, 11) is 1.84. The van der Waals surface area contributed by atoms with Gasteiger partial charge in [-0.1, -0.05) is 39.0 Å². The first-order valence-corrected chi connectivity index (χ1v) is 8.56. The molecular formula is C20H25N3O. The van der Waals surface area contributed by atoms with Gasteiger partial charge in [0.2, 0.25) is 5.91 Å². The highest BCUT2D eigenvalue weighted by Crippen LogP contribution is 2.33. The van der Waals surface area contributed by atoms with Crippen molar-refractivity contribution in [2.45, 2.75) is 39.7 Å². The molecule has 3 rings (SSSR count). The monoisotopic (exact) mass is 323 g/mol. The van der Waals surface area contributed by atoms with E-state index in [-0.39, 0.29) is 5.91 Å². The summed E-state index contributed by atoms with van der Waals surface area (Å²) in [6.07, 6.45) is 2.23. The van der Waals surface area contributed by atoms with Crippen LogP contribution in [0.15, 0.2) is 36.5 Å². The average Bonchev–Trinajstić information content (AvgIpc) is 2.60. The van der Waals surface area contributed by atoms with Crippen molar-refractivity contribution in [2.24, 2.45) is 5.92 Å². The van der Waals surface area contributed by atoms with Crippen molar-refractivity contribution in [2.75, 3.05) is 17.3 Å². The SMILES string of the molecule is CNc1ccc(N2Cc3cccc(C(C)C(C)C)c3CC2=O)cn1. The van der Waals surface area contributed by atoms with Gasteiger partial charge in [-0.25, -0.2) is 4.98 Å². The molecule has 2 heterocycles. The van der Waals surface area contributed by atoms with Gasteiger partial charge in [0.1, 0.15) is 5.82 Å². The Labute approximate surface area is 143 Å². The van der Waals surface area contributed by atoms with Crippen LogP contribution in [0.5, 0.6) is 0 Å². The molecule has 2 aromatic rings. The summed E-state index contributed by atoms with van der Waals surface area (Å²) in [5, 5.41) is 3.00. The van der Waals surface area contributed by atoms with Gasteiger partial charge in [-0.05, 0) is 40.7 Å². The number of fused-ring (bicyclic) bond motifs is 1. The van der Waals surface area contributed by atoms with Crippen molar-refractivity contribution in [3.05, 3.63) is 53.2 Å². The second kappa shape index (κ2) is 6.63. The van der Waals surface area contributed by atoms with Crippen LogP contribution in [-0.4, -0.2) is 17.9 Å². The number of hydrogen-bond acceptors (Lipinski definition) is 3. The zero-order valence-corrected chi connectivity index (χ0v) is 14.8. The molecule has 1 amide bonds. The van der Waals surface area contributed by atoms with E-state index in [0.717, 1.165) is 11.5 Å². The summed E-state index contributed by atoms with van der Waals surface area (Å²) in [6.45, 7) is 7.33. The average molecular weight is 323 g/mol. The fourth-order valence-corrected chi connectivity index (χ4v) is 3.24. The number of anilines is 2. The van der Waals surface area contributed by atoms with Crippen molar-refractivity contribution in [3.63, 3.8) is 0 Å². The lowest BCUT2D eigenvalue weighted by Gasteiger charge is -2.31. The predicted molar refractivity (Wildman–Crippen MR) is 98.4 cm³/mol. The maximum Gasteiger partial charge on any atom is 0.231 e. The Bertz CT molecular complexity index is 737. The number of aromatic nitrogens is 1.